The molecule has 3 fully saturated rings. The van der Waals surface area contributed by atoms with E-state index in [1.54, 1.807) is 6.07 Å². The van der Waals surface area contributed by atoms with Gasteiger partial charge in [-0.2, -0.15) is 10.1 Å². The number of H-pyrrole nitrogens is 1. The Labute approximate surface area is 199 Å². The lowest BCUT2D eigenvalue weighted by Crippen LogP contribution is -2.58. The van der Waals surface area contributed by atoms with Crippen molar-refractivity contribution in [3.8, 4) is 0 Å². The summed E-state index contributed by atoms with van der Waals surface area (Å²) < 4.78 is 0. The van der Waals surface area contributed by atoms with Crippen LogP contribution < -0.4 is 10.2 Å². The molecule has 0 aromatic carbocycles. The standard InChI is InChI=1S/C23H33ClN8O/c1-15-10-21(29-28-15)26-20-13-19(24)25-23(27-20)30(2)18-11-16-6-5-7-17(12-18)32(16)14-22(33)31-8-3-4-9-31/h10,13,16-18H,3-9,11-12,14H2,1-2H3,(H2,25,26,27,28,29)/t16-,17+,18?. The van der Waals surface area contributed by atoms with Crippen molar-refractivity contribution < 1.29 is 4.79 Å². The number of nitrogens with one attached hydrogen (secondary N) is 2. The summed E-state index contributed by atoms with van der Waals surface area (Å²) in [6, 6.07) is 4.81. The maximum atomic E-state index is 12.8. The normalized spacial score (nSPS) is 25.3. The van der Waals surface area contributed by atoms with Crippen LogP contribution in [0.1, 0.15) is 50.6 Å². The third-order valence-corrected chi connectivity index (χ3v) is 7.58. The Morgan fingerprint density at radius 2 is 1.88 bits per heavy atom. The maximum absolute atomic E-state index is 12.8. The number of halogens is 1. The number of carbonyl (C=O) groups is 1. The molecule has 3 saturated heterocycles. The van der Waals surface area contributed by atoms with Gasteiger partial charge in [-0.3, -0.25) is 14.8 Å². The number of piperidine rings is 2. The van der Waals surface area contributed by atoms with Crippen LogP contribution in [0, 0.1) is 6.92 Å². The molecule has 0 saturated carbocycles. The number of likely N-dealkylation sites (tertiary alicyclic amines) is 1. The van der Waals surface area contributed by atoms with E-state index < -0.39 is 0 Å². The molecule has 5 rings (SSSR count). The van der Waals surface area contributed by atoms with Crippen molar-refractivity contribution in [1.82, 2.24) is 30.0 Å². The van der Waals surface area contributed by atoms with E-state index in [0.717, 1.165) is 57.3 Å². The number of fused-ring (bicyclic) bond motifs is 2. The number of anilines is 3. The summed E-state index contributed by atoms with van der Waals surface area (Å²) in [4.78, 5) is 28.8. The fraction of sp³-hybridized carbons (Fsp3) is 0.652. The molecular weight excluding hydrogens is 440 g/mol. The van der Waals surface area contributed by atoms with Gasteiger partial charge in [0, 0.05) is 56.1 Å². The van der Waals surface area contributed by atoms with Crippen molar-refractivity contribution >= 4 is 35.1 Å². The fourth-order valence-corrected chi connectivity index (χ4v) is 5.83. The van der Waals surface area contributed by atoms with Gasteiger partial charge >= 0.3 is 0 Å². The van der Waals surface area contributed by atoms with Crippen molar-refractivity contribution in [1.29, 1.82) is 0 Å². The van der Waals surface area contributed by atoms with Crippen LogP contribution >= 0.6 is 11.6 Å². The lowest BCUT2D eigenvalue weighted by molar-refractivity contribution is -0.134. The van der Waals surface area contributed by atoms with E-state index in [2.05, 4.69) is 37.3 Å². The summed E-state index contributed by atoms with van der Waals surface area (Å²) in [5, 5.41) is 10.7. The van der Waals surface area contributed by atoms with Crippen LogP contribution in [0.2, 0.25) is 5.15 Å². The predicted molar refractivity (Wildman–Crippen MR) is 129 cm³/mol. The molecule has 0 aliphatic carbocycles. The Hall–Kier alpha value is -2.39. The third-order valence-electron chi connectivity index (χ3n) is 7.39. The van der Waals surface area contributed by atoms with Crippen LogP contribution in [0.4, 0.5) is 17.6 Å². The number of hydrogen-bond donors (Lipinski definition) is 2. The van der Waals surface area contributed by atoms with Gasteiger partial charge in [0.2, 0.25) is 11.9 Å². The SMILES string of the molecule is Cc1cc(Nc2cc(Cl)nc(N(C)C3C[C@H]4CCC[C@@H](C3)N4CC(=O)N3CCCC3)n2)n[nH]1. The van der Waals surface area contributed by atoms with E-state index in [1.807, 2.05) is 17.9 Å². The minimum absolute atomic E-state index is 0.304. The van der Waals surface area contributed by atoms with Crippen LogP contribution in [0.3, 0.4) is 0 Å². The number of aromatic amines is 1. The van der Waals surface area contributed by atoms with Crippen LogP contribution in [0.15, 0.2) is 12.1 Å². The molecule has 5 heterocycles. The molecule has 1 amide bonds. The Bertz CT molecular complexity index is 977. The monoisotopic (exact) mass is 472 g/mol. The van der Waals surface area contributed by atoms with Gasteiger partial charge in [-0.25, -0.2) is 4.98 Å². The quantitative estimate of drug-likeness (QED) is 0.622. The first-order chi connectivity index (χ1) is 16.0. The molecule has 2 bridgehead atoms. The average Bonchev–Trinajstić information content (AvgIpc) is 3.45. The Morgan fingerprint density at radius 1 is 1.15 bits per heavy atom. The van der Waals surface area contributed by atoms with Crippen molar-refractivity contribution in [2.24, 2.45) is 0 Å². The van der Waals surface area contributed by atoms with Crippen molar-refractivity contribution in [2.75, 3.05) is 36.9 Å². The van der Waals surface area contributed by atoms with Gasteiger partial charge in [-0.05, 0) is 45.4 Å². The van der Waals surface area contributed by atoms with E-state index in [1.165, 1.54) is 6.42 Å². The van der Waals surface area contributed by atoms with Gasteiger partial charge in [-0.15, -0.1) is 0 Å². The Morgan fingerprint density at radius 3 is 2.55 bits per heavy atom. The second-order valence-electron chi connectivity index (χ2n) is 9.67. The van der Waals surface area contributed by atoms with Gasteiger partial charge in [0.05, 0.1) is 6.54 Å². The number of aromatic nitrogens is 4. The average molecular weight is 473 g/mol. The lowest BCUT2D eigenvalue weighted by atomic mass is 9.81. The van der Waals surface area contributed by atoms with Gasteiger partial charge in [0.25, 0.3) is 0 Å². The molecule has 1 unspecified atom stereocenters. The molecule has 3 aliphatic heterocycles. The number of carbonyl (C=O) groups excluding carboxylic acids is 1. The summed E-state index contributed by atoms with van der Waals surface area (Å²) in [5.74, 6) is 2.24. The molecule has 33 heavy (non-hydrogen) atoms. The summed E-state index contributed by atoms with van der Waals surface area (Å²) in [6.45, 7) is 4.37. The second kappa shape index (κ2) is 9.46. The number of rotatable bonds is 6. The van der Waals surface area contributed by atoms with Crippen molar-refractivity contribution in [2.45, 2.75) is 70.0 Å². The number of amides is 1. The lowest BCUT2D eigenvalue weighted by Gasteiger charge is -2.50. The van der Waals surface area contributed by atoms with Gasteiger partial charge in [0.1, 0.15) is 11.0 Å². The zero-order valence-corrected chi connectivity index (χ0v) is 20.2. The zero-order valence-electron chi connectivity index (χ0n) is 19.4. The molecule has 9 nitrogen and oxygen atoms in total. The summed E-state index contributed by atoms with van der Waals surface area (Å²) in [6.07, 6.45) is 7.84. The molecule has 0 spiro atoms. The molecule has 3 atom stereocenters. The Balaban J connectivity index is 1.28. The summed E-state index contributed by atoms with van der Waals surface area (Å²) in [5.41, 5.74) is 0.969. The fourth-order valence-electron chi connectivity index (χ4n) is 5.65. The van der Waals surface area contributed by atoms with Crippen LogP contribution in [-0.4, -0.2) is 80.7 Å². The van der Waals surface area contributed by atoms with E-state index in [9.17, 15) is 4.79 Å². The van der Waals surface area contributed by atoms with E-state index in [-0.39, 0.29) is 0 Å². The van der Waals surface area contributed by atoms with Crippen molar-refractivity contribution in [3.05, 3.63) is 23.0 Å². The minimum atomic E-state index is 0.304. The van der Waals surface area contributed by atoms with Crippen molar-refractivity contribution in [3.63, 3.8) is 0 Å². The minimum Gasteiger partial charge on any atom is -0.342 e. The zero-order chi connectivity index (χ0) is 22.9. The maximum Gasteiger partial charge on any atom is 0.236 e. The highest BCUT2D eigenvalue weighted by molar-refractivity contribution is 6.29. The second-order valence-corrected chi connectivity index (χ2v) is 10.1. The molecule has 2 aromatic rings. The van der Waals surface area contributed by atoms with Crippen LogP contribution in [0.25, 0.3) is 0 Å². The van der Waals surface area contributed by atoms with E-state index >= 15 is 0 Å². The number of nitrogens with zero attached hydrogens (tertiary/aromatic N) is 6. The predicted octanol–water partition coefficient (Wildman–Crippen LogP) is 3.35. The molecule has 2 N–H and O–H groups in total. The van der Waals surface area contributed by atoms with Gasteiger partial charge in [-0.1, -0.05) is 18.0 Å². The molecule has 2 aromatic heterocycles. The number of aryl methyl sites for hydroxylation is 1. The highest BCUT2D eigenvalue weighted by atomic mass is 35.5. The van der Waals surface area contributed by atoms with Gasteiger partial charge in [0.15, 0.2) is 5.82 Å². The topological polar surface area (TPSA) is 93.3 Å². The first kappa shape index (κ1) is 22.4. The summed E-state index contributed by atoms with van der Waals surface area (Å²) >= 11 is 6.35. The Kier molecular flexibility index (Phi) is 6.42. The van der Waals surface area contributed by atoms with Gasteiger partial charge < -0.3 is 15.1 Å². The molecule has 0 radical (unpaired) electrons. The third kappa shape index (κ3) is 4.94. The molecule has 10 heteroatoms. The first-order valence-corrected chi connectivity index (χ1v) is 12.4. The first-order valence-electron chi connectivity index (χ1n) is 12.1. The summed E-state index contributed by atoms with van der Waals surface area (Å²) in [7, 11) is 2.06. The van der Waals surface area contributed by atoms with Crippen LogP contribution in [0.5, 0.6) is 0 Å². The van der Waals surface area contributed by atoms with E-state index in [4.69, 9.17) is 16.6 Å². The smallest absolute Gasteiger partial charge is 0.236 e. The molecule has 178 valence electrons. The highest BCUT2D eigenvalue weighted by Crippen LogP contribution is 2.37. The van der Waals surface area contributed by atoms with E-state index in [0.29, 0.717) is 53.3 Å². The van der Waals surface area contributed by atoms with Crippen LogP contribution in [-0.2, 0) is 4.79 Å². The molecule has 3 aliphatic rings. The molecular formula is C23H33ClN8O. The highest BCUT2D eigenvalue weighted by Gasteiger charge is 2.41. The number of hydrogen-bond acceptors (Lipinski definition) is 7. The largest absolute Gasteiger partial charge is 0.342 e.